The van der Waals surface area contributed by atoms with E-state index in [-0.39, 0.29) is 11.4 Å². The molecule has 3 nitrogen and oxygen atoms in total. The number of amides is 1. The summed E-state index contributed by atoms with van der Waals surface area (Å²) in [4.78, 5) is 11.8. The van der Waals surface area contributed by atoms with Crippen LogP contribution in [0, 0.1) is 6.92 Å². The number of benzene rings is 1. The first-order valence-corrected chi connectivity index (χ1v) is 5.84. The van der Waals surface area contributed by atoms with Gasteiger partial charge in [-0.2, -0.15) is 0 Å². The van der Waals surface area contributed by atoms with E-state index in [1.165, 1.54) is 0 Å². The van der Waals surface area contributed by atoms with Crippen LogP contribution in [-0.4, -0.2) is 17.6 Å². The molecule has 0 unspecified atom stereocenters. The van der Waals surface area contributed by atoms with E-state index in [1.807, 2.05) is 52.0 Å². The SMILES string of the molecule is Cc1ccccc1O[C@H](C)C(=O)NC(C)(C)C. The number of para-hydroxylation sites is 1. The topological polar surface area (TPSA) is 38.3 Å². The van der Waals surface area contributed by atoms with Crippen molar-refractivity contribution in [1.29, 1.82) is 0 Å². The largest absolute Gasteiger partial charge is 0.481 e. The molecule has 0 fully saturated rings. The fourth-order valence-corrected chi connectivity index (χ4v) is 1.40. The lowest BCUT2D eigenvalue weighted by molar-refractivity contribution is -0.128. The zero-order chi connectivity index (χ0) is 13.1. The van der Waals surface area contributed by atoms with Crippen LogP contribution in [0.3, 0.4) is 0 Å². The van der Waals surface area contributed by atoms with E-state index in [0.29, 0.717) is 0 Å². The van der Waals surface area contributed by atoms with Crippen LogP contribution in [0.5, 0.6) is 5.75 Å². The third-order valence-electron chi connectivity index (χ3n) is 2.26. The molecule has 1 amide bonds. The van der Waals surface area contributed by atoms with Gasteiger partial charge in [-0.15, -0.1) is 0 Å². The molecular weight excluding hydrogens is 214 g/mol. The molecule has 1 aromatic carbocycles. The van der Waals surface area contributed by atoms with Crippen molar-refractivity contribution in [1.82, 2.24) is 5.32 Å². The molecule has 17 heavy (non-hydrogen) atoms. The molecule has 0 aromatic heterocycles. The Morgan fingerprint density at radius 2 is 1.88 bits per heavy atom. The second-order valence-electron chi connectivity index (χ2n) is 5.26. The summed E-state index contributed by atoms with van der Waals surface area (Å²) >= 11 is 0. The van der Waals surface area contributed by atoms with Crippen molar-refractivity contribution >= 4 is 5.91 Å². The zero-order valence-corrected chi connectivity index (χ0v) is 11.2. The molecule has 0 aliphatic heterocycles. The van der Waals surface area contributed by atoms with Crippen LogP contribution < -0.4 is 10.1 Å². The van der Waals surface area contributed by atoms with Crippen LogP contribution in [0.4, 0.5) is 0 Å². The minimum Gasteiger partial charge on any atom is -0.481 e. The van der Waals surface area contributed by atoms with Gasteiger partial charge in [-0.25, -0.2) is 0 Å². The molecule has 3 heteroatoms. The summed E-state index contributed by atoms with van der Waals surface area (Å²) in [5, 5.41) is 2.89. The number of carbonyl (C=O) groups is 1. The van der Waals surface area contributed by atoms with Gasteiger partial charge in [0.05, 0.1) is 0 Å². The highest BCUT2D eigenvalue weighted by atomic mass is 16.5. The van der Waals surface area contributed by atoms with Crippen LogP contribution in [0.25, 0.3) is 0 Å². The summed E-state index contributed by atoms with van der Waals surface area (Å²) in [6, 6.07) is 7.68. The predicted molar refractivity (Wildman–Crippen MR) is 69.2 cm³/mol. The van der Waals surface area contributed by atoms with Crippen molar-refractivity contribution in [3.63, 3.8) is 0 Å². The Hall–Kier alpha value is -1.51. The summed E-state index contributed by atoms with van der Waals surface area (Å²) < 4.78 is 5.64. The van der Waals surface area contributed by atoms with Crippen molar-refractivity contribution in [3.05, 3.63) is 29.8 Å². The quantitative estimate of drug-likeness (QED) is 0.874. The van der Waals surface area contributed by atoms with Gasteiger partial charge in [0.25, 0.3) is 5.91 Å². The van der Waals surface area contributed by atoms with Gasteiger partial charge < -0.3 is 10.1 Å². The monoisotopic (exact) mass is 235 g/mol. The molecule has 94 valence electrons. The average molecular weight is 235 g/mol. The van der Waals surface area contributed by atoms with Crippen molar-refractivity contribution in [2.24, 2.45) is 0 Å². The molecule has 0 radical (unpaired) electrons. The van der Waals surface area contributed by atoms with E-state index in [0.717, 1.165) is 11.3 Å². The van der Waals surface area contributed by atoms with Crippen LogP contribution in [-0.2, 0) is 4.79 Å². The second-order valence-corrected chi connectivity index (χ2v) is 5.26. The lowest BCUT2D eigenvalue weighted by Gasteiger charge is -2.24. The summed E-state index contributed by atoms with van der Waals surface area (Å²) in [7, 11) is 0. The molecule has 0 aliphatic rings. The van der Waals surface area contributed by atoms with Gasteiger partial charge in [-0.3, -0.25) is 4.79 Å². The van der Waals surface area contributed by atoms with Crippen LogP contribution in [0.1, 0.15) is 33.3 Å². The van der Waals surface area contributed by atoms with Gasteiger partial charge in [-0.05, 0) is 46.2 Å². The predicted octanol–water partition coefficient (Wildman–Crippen LogP) is 2.68. The standard InChI is InChI=1S/C14H21NO2/c1-10-8-6-7-9-12(10)17-11(2)13(16)15-14(3,4)5/h6-9,11H,1-5H3,(H,15,16)/t11-/m1/s1. The fourth-order valence-electron chi connectivity index (χ4n) is 1.40. The fraction of sp³-hybridized carbons (Fsp3) is 0.500. The molecule has 1 N–H and O–H groups in total. The number of carbonyl (C=O) groups excluding carboxylic acids is 1. The lowest BCUT2D eigenvalue weighted by Crippen LogP contribution is -2.46. The maximum absolute atomic E-state index is 11.8. The summed E-state index contributed by atoms with van der Waals surface area (Å²) in [5.41, 5.74) is 0.795. The first kappa shape index (κ1) is 13.6. The summed E-state index contributed by atoms with van der Waals surface area (Å²) in [5.74, 6) is 0.657. The minimum absolute atomic E-state index is 0.0965. The maximum atomic E-state index is 11.8. The van der Waals surface area contributed by atoms with E-state index in [9.17, 15) is 4.79 Å². The molecule has 0 spiro atoms. The average Bonchev–Trinajstić information content (AvgIpc) is 2.18. The van der Waals surface area contributed by atoms with Crippen LogP contribution >= 0.6 is 0 Å². The third-order valence-corrected chi connectivity index (χ3v) is 2.26. The molecule has 0 saturated heterocycles. The first-order chi connectivity index (χ1) is 7.79. The Morgan fingerprint density at radius 3 is 2.41 bits per heavy atom. The molecule has 1 rings (SSSR count). The van der Waals surface area contributed by atoms with Crippen LogP contribution in [0.15, 0.2) is 24.3 Å². The third kappa shape index (κ3) is 4.47. The first-order valence-electron chi connectivity index (χ1n) is 5.84. The lowest BCUT2D eigenvalue weighted by atomic mass is 10.1. The van der Waals surface area contributed by atoms with E-state index in [1.54, 1.807) is 6.92 Å². The number of hydrogen-bond acceptors (Lipinski definition) is 2. The highest BCUT2D eigenvalue weighted by Crippen LogP contribution is 2.18. The Balaban J connectivity index is 2.64. The zero-order valence-electron chi connectivity index (χ0n) is 11.2. The van der Waals surface area contributed by atoms with Gasteiger partial charge in [0, 0.05) is 5.54 Å². The molecular formula is C14H21NO2. The van der Waals surface area contributed by atoms with Crippen molar-refractivity contribution < 1.29 is 9.53 Å². The normalized spacial score (nSPS) is 13.0. The Morgan fingerprint density at radius 1 is 1.29 bits per heavy atom. The summed E-state index contributed by atoms with van der Waals surface area (Å²) in [6.45, 7) is 9.57. The highest BCUT2D eigenvalue weighted by Gasteiger charge is 2.20. The van der Waals surface area contributed by atoms with Crippen LogP contribution in [0.2, 0.25) is 0 Å². The highest BCUT2D eigenvalue weighted by molar-refractivity contribution is 5.81. The van der Waals surface area contributed by atoms with Gasteiger partial charge in [-0.1, -0.05) is 18.2 Å². The smallest absolute Gasteiger partial charge is 0.261 e. The number of ether oxygens (including phenoxy) is 1. The van der Waals surface area contributed by atoms with E-state index >= 15 is 0 Å². The van der Waals surface area contributed by atoms with Gasteiger partial charge >= 0.3 is 0 Å². The van der Waals surface area contributed by atoms with E-state index in [4.69, 9.17) is 4.74 Å². The molecule has 0 heterocycles. The number of nitrogens with one attached hydrogen (secondary N) is 1. The van der Waals surface area contributed by atoms with E-state index < -0.39 is 6.10 Å². The molecule has 0 bridgehead atoms. The number of aryl methyl sites for hydroxylation is 1. The molecule has 1 aromatic rings. The Kier molecular flexibility index (Phi) is 4.16. The van der Waals surface area contributed by atoms with Gasteiger partial charge in [0.15, 0.2) is 6.10 Å². The summed E-state index contributed by atoms with van der Waals surface area (Å²) in [6.07, 6.45) is -0.490. The van der Waals surface area contributed by atoms with Crippen molar-refractivity contribution in [2.45, 2.75) is 46.3 Å². The number of rotatable bonds is 3. The van der Waals surface area contributed by atoms with Gasteiger partial charge in [0.1, 0.15) is 5.75 Å². The Labute approximate surface area is 103 Å². The minimum atomic E-state index is -0.490. The Bertz CT molecular complexity index is 393. The molecule has 0 saturated carbocycles. The maximum Gasteiger partial charge on any atom is 0.261 e. The van der Waals surface area contributed by atoms with Gasteiger partial charge in [0.2, 0.25) is 0 Å². The van der Waals surface area contributed by atoms with Crippen molar-refractivity contribution in [3.8, 4) is 5.75 Å². The number of hydrogen-bond donors (Lipinski definition) is 1. The van der Waals surface area contributed by atoms with Crippen molar-refractivity contribution in [2.75, 3.05) is 0 Å². The molecule has 1 atom stereocenters. The van der Waals surface area contributed by atoms with E-state index in [2.05, 4.69) is 5.32 Å². The molecule has 0 aliphatic carbocycles. The second kappa shape index (κ2) is 5.21.